The van der Waals surface area contributed by atoms with Crippen molar-refractivity contribution in [3.05, 3.63) is 0 Å². The first-order valence-electron chi connectivity index (χ1n) is 7.42. The van der Waals surface area contributed by atoms with Gasteiger partial charge in [0, 0.05) is 13.1 Å². The molecule has 25 heavy (non-hydrogen) atoms. The van der Waals surface area contributed by atoms with E-state index < -0.39 is 23.0 Å². The normalized spacial score (nSPS) is 11.5. The Bertz CT molecular complexity index is 484. The largest absolute Gasteiger partial charge is 0.481 e. The van der Waals surface area contributed by atoms with Crippen LogP contribution < -0.4 is 10.6 Å². The van der Waals surface area contributed by atoms with E-state index in [1.54, 1.807) is 27.7 Å². The molecule has 0 aliphatic carbocycles. The Balaban J connectivity index is 0. The van der Waals surface area contributed by atoms with E-state index >= 15 is 0 Å². The molecule has 0 bridgehead atoms. The van der Waals surface area contributed by atoms with Gasteiger partial charge in [-0.25, -0.2) is 0 Å². The molecule has 0 heterocycles. The first-order valence-corrected chi connectivity index (χ1v) is 7.42. The van der Waals surface area contributed by atoms with Gasteiger partial charge in [0.05, 0.1) is 12.8 Å². The molecule has 0 unspecified atom stereocenters. The van der Waals surface area contributed by atoms with Gasteiger partial charge in [-0.2, -0.15) is 10.2 Å². The summed E-state index contributed by atoms with van der Waals surface area (Å²) >= 11 is 0. The smallest absolute Gasteiger partial charge is 0.305 e. The Labute approximate surface area is 146 Å². The summed E-state index contributed by atoms with van der Waals surface area (Å²) in [4.78, 5) is 20.9. The second-order valence-corrected chi connectivity index (χ2v) is 6.21. The van der Waals surface area contributed by atoms with E-state index in [4.69, 9.17) is 21.0 Å². The van der Waals surface area contributed by atoms with Gasteiger partial charge in [-0.15, -0.1) is 0 Å². The van der Waals surface area contributed by atoms with Crippen molar-refractivity contribution in [3.8, 4) is 0 Å². The SMILES string of the molecule is CC(C)(N=NC(C)(C)C(=N)NCCC(=O)O)C(=N)NCCC(=O)O.O. The minimum atomic E-state index is -1.00. The van der Waals surface area contributed by atoms with Crippen LogP contribution in [0.4, 0.5) is 0 Å². The molecule has 0 atom stereocenters. The fraction of sp³-hybridized carbons (Fsp3) is 0.714. The lowest BCUT2D eigenvalue weighted by atomic mass is 10.0. The summed E-state index contributed by atoms with van der Waals surface area (Å²) in [5.41, 5.74) is -2.01. The molecule has 0 amide bonds. The third kappa shape index (κ3) is 10.0. The molecule has 144 valence electrons. The molecule has 8 N–H and O–H groups in total. The number of aliphatic carboxylic acids is 2. The molecule has 11 nitrogen and oxygen atoms in total. The number of nitrogens with one attached hydrogen (secondary N) is 4. The lowest BCUT2D eigenvalue weighted by Crippen LogP contribution is -2.43. The van der Waals surface area contributed by atoms with Gasteiger partial charge in [0.2, 0.25) is 0 Å². The minimum absolute atomic E-state index is 0. The van der Waals surface area contributed by atoms with Crippen molar-refractivity contribution >= 4 is 23.6 Å². The van der Waals surface area contributed by atoms with Gasteiger partial charge in [0.1, 0.15) is 22.7 Å². The van der Waals surface area contributed by atoms with Crippen LogP contribution in [0.3, 0.4) is 0 Å². The average molecular weight is 360 g/mol. The van der Waals surface area contributed by atoms with Gasteiger partial charge in [0.25, 0.3) is 0 Å². The van der Waals surface area contributed by atoms with Crippen molar-refractivity contribution in [1.29, 1.82) is 10.8 Å². The number of amidine groups is 2. The average Bonchev–Trinajstić information content (AvgIpc) is 2.44. The zero-order valence-corrected chi connectivity index (χ0v) is 14.9. The minimum Gasteiger partial charge on any atom is -0.481 e. The fourth-order valence-electron chi connectivity index (χ4n) is 1.37. The first-order chi connectivity index (χ1) is 10.9. The molecule has 0 fully saturated rings. The van der Waals surface area contributed by atoms with Crippen molar-refractivity contribution < 1.29 is 25.3 Å². The van der Waals surface area contributed by atoms with Crippen LogP contribution in [0.15, 0.2) is 10.2 Å². The molecule has 0 aromatic rings. The first kappa shape index (κ1) is 24.7. The van der Waals surface area contributed by atoms with E-state index in [0.717, 1.165) is 0 Å². The van der Waals surface area contributed by atoms with Crippen LogP contribution >= 0.6 is 0 Å². The highest BCUT2D eigenvalue weighted by Crippen LogP contribution is 2.16. The van der Waals surface area contributed by atoms with Crippen molar-refractivity contribution in [1.82, 2.24) is 10.6 Å². The maximum absolute atomic E-state index is 10.5. The van der Waals surface area contributed by atoms with E-state index in [2.05, 4.69) is 20.9 Å². The Morgan fingerprint density at radius 2 is 1.12 bits per heavy atom. The van der Waals surface area contributed by atoms with Crippen LogP contribution in [0.25, 0.3) is 0 Å². The van der Waals surface area contributed by atoms with Crippen LogP contribution in [-0.2, 0) is 9.59 Å². The van der Waals surface area contributed by atoms with E-state index in [1.165, 1.54) is 0 Å². The predicted molar refractivity (Wildman–Crippen MR) is 92.6 cm³/mol. The standard InChI is InChI=1S/C14H26N6O4.H2O/c1-13(2,11(15)17-7-5-9(21)22)19-20-14(3,4)12(16)18-8-6-10(23)24;/h5-8H2,1-4H3,(H2,15,17)(H2,16,18)(H,21,22)(H,23,24);1H2. The van der Waals surface area contributed by atoms with E-state index in [1.807, 2.05) is 0 Å². The zero-order chi connectivity index (χ0) is 19.0. The summed E-state index contributed by atoms with van der Waals surface area (Å²) in [5, 5.41) is 46.5. The highest BCUT2D eigenvalue weighted by atomic mass is 16.4. The van der Waals surface area contributed by atoms with Crippen LogP contribution in [0.2, 0.25) is 0 Å². The highest BCUT2D eigenvalue weighted by Gasteiger charge is 2.28. The maximum Gasteiger partial charge on any atom is 0.305 e. The van der Waals surface area contributed by atoms with Crippen LogP contribution in [0.5, 0.6) is 0 Å². The Kier molecular flexibility index (Phi) is 10.2. The van der Waals surface area contributed by atoms with E-state index in [0.29, 0.717) is 0 Å². The highest BCUT2D eigenvalue weighted by molar-refractivity contribution is 5.89. The summed E-state index contributed by atoms with van der Waals surface area (Å²) in [6, 6.07) is 0. The summed E-state index contributed by atoms with van der Waals surface area (Å²) in [7, 11) is 0. The molecule has 0 aromatic carbocycles. The van der Waals surface area contributed by atoms with Crippen molar-refractivity contribution in [2.75, 3.05) is 13.1 Å². The third-order valence-electron chi connectivity index (χ3n) is 3.05. The van der Waals surface area contributed by atoms with E-state index in [-0.39, 0.29) is 43.1 Å². The maximum atomic E-state index is 10.5. The number of nitrogens with zero attached hydrogens (tertiary/aromatic N) is 2. The van der Waals surface area contributed by atoms with Crippen LogP contribution in [-0.4, -0.2) is 63.5 Å². The van der Waals surface area contributed by atoms with Crippen LogP contribution in [0.1, 0.15) is 40.5 Å². The lowest BCUT2D eigenvalue weighted by molar-refractivity contribution is -0.137. The van der Waals surface area contributed by atoms with Gasteiger partial charge in [-0.3, -0.25) is 20.4 Å². The second kappa shape index (κ2) is 10.3. The Morgan fingerprint density at radius 3 is 1.36 bits per heavy atom. The van der Waals surface area contributed by atoms with Gasteiger partial charge >= 0.3 is 11.9 Å². The Morgan fingerprint density at radius 1 is 0.840 bits per heavy atom. The topological polar surface area (TPSA) is 203 Å². The second-order valence-electron chi connectivity index (χ2n) is 6.21. The summed E-state index contributed by atoms with van der Waals surface area (Å²) in [5.74, 6) is -1.88. The summed E-state index contributed by atoms with van der Waals surface area (Å²) in [6.07, 6.45) is -0.224. The van der Waals surface area contributed by atoms with Crippen molar-refractivity contribution in [2.24, 2.45) is 10.2 Å². The summed E-state index contributed by atoms with van der Waals surface area (Å²) < 4.78 is 0. The molecule has 11 heteroatoms. The van der Waals surface area contributed by atoms with E-state index in [9.17, 15) is 9.59 Å². The monoisotopic (exact) mass is 360 g/mol. The summed E-state index contributed by atoms with van der Waals surface area (Å²) in [6.45, 7) is 6.80. The third-order valence-corrected chi connectivity index (χ3v) is 3.05. The molecule has 0 radical (unpaired) electrons. The van der Waals surface area contributed by atoms with Crippen molar-refractivity contribution in [3.63, 3.8) is 0 Å². The molecule has 0 aromatic heterocycles. The number of hydrogen-bond donors (Lipinski definition) is 6. The number of carboxylic acids is 2. The molecule has 0 aliphatic heterocycles. The number of carbonyl (C=O) groups is 2. The van der Waals surface area contributed by atoms with Gasteiger partial charge in [-0.1, -0.05) is 0 Å². The Hall–Kier alpha value is -2.56. The molecule has 0 aliphatic rings. The molecule has 0 spiro atoms. The fourth-order valence-corrected chi connectivity index (χ4v) is 1.37. The molecular weight excluding hydrogens is 332 g/mol. The number of rotatable bonds is 10. The van der Waals surface area contributed by atoms with Crippen LogP contribution in [0, 0.1) is 10.8 Å². The molecule has 0 saturated carbocycles. The number of hydrogen-bond acceptors (Lipinski definition) is 6. The lowest BCUT2D eigenvalue weighted by Gasteiger charge is -2.25. The predicted octanol–water partition coefficient (Wildman–Crippen LogP) is 0.254. The molecular formula is C14H28N6O5. The quantitative estimate of drug-likeness (QED) is 0.183. The zero-order valence-electron chi connectivity index (χ0n) is 14.9. The molecule has 0 rings (SSSR count). The number of azo groups is 1. The van der Waals surface area contributed by atoms with Crippen molar-refractivity contribution in [2.45, 2.75) is 51.6 Å². The molecule has 0 saturated heterocycles. The van der Waals surface area contributed by atoms with Gasteiger partial charge in [-0.05, 0) is 27.7 Å². The number of carboxylic acid groups (broad SMARTS) is 2. The van der Waals surface area contributed by atoms with Gasteiger partial charge in [0.15, 0.2) is 0 Å². The van der Waals surface area contributed by atoms with Gasteiger partial charge < -0.3 is 26.3 Å².